The van der Waals surface area contributed by atoms with Crippen LogP contribution in [0.4, 0.5) is 20.3 Å². The Balaban J connectivity index is 1.45. The molecule has 7 rings (SSSR count). The van der Waals surface area contributed by atoms with E-state index in [2.05, 4.69) is 15.8 Å². The maximum atomic E-state index is 17.0. The zero-order chi connectivity index (χ0) is 30.4. The minimum absolute atomic E-state index is 0.0118. The molecule has 226 valence electrons. The minimum atomic E-state index is -0.921. The van der Waals surface area contributed by atoms with Crippen LogP contribution in [0.15, 0.2) is 36.4 Å². The molecule has 0 amide bonds. The zero-order valence-corrected chi connectivity index (χ0v) is 24.2. The molecule has 0 unspecified atom stereocenters. The van der Waals surface area contributed by atoms with Gasteiger partial charge in [0.25, 0.3) is 5.69 Å². The number of nitro groups is 1. The number of anilines is 1. The van der Waals surface area contributed by atoms with Gasteiger partial charge in [-0.3, -0.25) is 15.0 Å². The highest BCUT2D eigenvalue weighted by atomic mass is 19.1. The zero-order valence-electron chi connectivity index (χ0n) is 24.2. The highest BCUT2D eigenvalue weighted by Crippen LogP contribution is 2.44. The van der Waals surface area contributed by atoms with Gasteiger partial charge in [0.1, 0.15) is 23.8 Å². The van der Waals surface area contributed by atoms with Gasteiger partial charge in [-0.2, -0.15) is 9.97 Å². The van der Waals surface area contributed by atoms with Crippen LogP contribution in [0.2, 0.25) is 0 Å². The van der Waals surface area contributed by atoms with E-state index in [1.807, 2.05) is 4.90 Å². The van der Waals surface area contributed by atoms with Crippen molar-refractivity contribution in [1.82, 2.24) is 14.9 Å². The van der Waals surface area contributed by atoms with Gasteiger partial charge in [0.2, 0.25) is 0 Å². The summed E-state index contributed by atoms with van der Waals surface area (Å²) >= 11 is 0. The second kappa shape index (κ2) is 11.3. The SMILES string of the molecule is C#Cc1c(F)ccc2cccc(-c3c([N+](=O)[O-])cc4c(N5CCCOCC5)nc(OCC56CCCN5CCC6)nc4c3F)c12. The van der Waals surface area contributed by atoms with Gasteiger partial charge in [0.05, 0.1) is 33.6 Å². The van der Waals surface area contributed by atoms with Gasteiger partial charge in [0.15, 0.2) is 5.82 Å². The number of fused-ring (bicyclic) bond motifs is 3. The standard InChI is InChI=1S/C33H31F2N5O4/c1-2-22-25(34)10-9-21-7-3-8-23(27(21)22)28-26(40(41)42)19-24-30(29(28)35)36-32(37-31(24)38-13-6-17-43-18-16-38)44-20-33-11-4-14-39(33)15-5-12-33/h1,3,7-10,19H,4-6,11-18,20H2. The molecule has 4 aromatic rings. The number of nitrogens with zero attached hydrogens (tertiary/aromatic N) is 5. The van der Waals surface area contributed by atoms with E-state index in [-0.39, 0.29) is 44.5 Å². The van der Waals surface area contributed by atoms with Crippen molar-refractivity contribution in [1.29, 1.82) is 0 Å². The van der Waals surface area contributed by atoms with Gasteiger partial charge < -0.3 is 14.4 Å². The van der Waals surface area contributed by atoms with E-state index in [1.54, 1.807) is 12.1 Å². The van der Waals surface area contributed by atoms with E-state index in [9.17, 15) is 14.5 Å². The van der Waals surface area contributed by atoms with Crippen molar-refractivity contribution in [3.63, 3.8) is 0 Å². The predicted octanol–water partition coefficient (Wildman–Crippen LogP) is 5.85. The molecule has 0 spiro atoms. The molecular formula is C33H31F2N5O4. The molecule has 0 saturated carbocycles. The van der Waals surface area contributed by atoms with E-state index in [1.165, 1.54) is 24.3 Å². The smallest absolute Gasteiger partial charge is 0.319 e. The number of ether oxygens (including phenoxy) is 2. The van der Waals surface area contributed by atoms with Crippen molar-refractivity contribution < 1.29 is 23.2 Å². The molecule has 4 heterocycles. The van der Waals surface area contributed by atoms with Crippen LogP contribution in [0.5, 0.6) is 6.01 Å². The minimum Gasteiger partial charge on any atom is -0.461 e. The van der Waals surface area contributed by atoms with Crippen molar-refractivity contribution in [3.05, 3.63) is 63.7 Å². The number of benzene rings is 3. The lowest BCUT2D eigenvalue weighted by Gasteiger charge is -2.31. The van der Waals surface area contributed by atoms with Crippen LogP contribution >= 0.6 is 0 Å². The average Bonchev–Trinajstić information content (AvgIpc) is 3.49. The third kappa shape index (κ3) is 4.69. The molecule has 0 radical (unpaired) electrons. The Hall–Kier alpha value is -4.40. The maximum absolute atomic E-state index is 17.0. The van der Waals surface area contributed by atoms with Gasteiger partial charge in [-0.1, -0.05) is 30.2 Å². The van der Waals surface area contributed by atoms with E-state index in [4.69, 9.17) is 20.9 Å². The first-order valence-electron chi connectivity index (χ1n) is 15.0. The molecule has 11 heteroatoms. The number of rotatable bonds is 6. The summed E-state index contributed by atoms with van der Waals surface area (Å²) in [6.45, 7) is 4.44. The Labute approximate surface area is 252 Å². The summed E-state index contributed by atoms with van der Waals surface area (Å²) in [6, 6.07) is 8.91. The Morgan fingerprint density at radius 3 is 2.66 bits per heavy atom. The Morgan fingerprint density at radius 1 is 1.07 bits per heavy atom. The summed E-state index contributed by atoms with van der Waals surface area (Å²) in [7, 11) is 0. The number of nitro benzene ring substituents is 1. The van der Waals surface area contributed by atoms with Crippen LogP contribution < -0.4 is 9.64 Å². The summed E-state index contributed by atoms with van der Waals surface area (Å²) in [5.74, 6) is 1.10. The number of aromatic nitrogens is 2. The quantitative estimate of drug-likeness (QED) is 0.155. The molecule has 0 atom stereocenters. The van der Waals surface area contributed by atoms with Gasteiger partial charge >= 0.3 is 6.01 Å². The van der Waals surface area contributed by atoms with Crippen molar-refractivity contribution in [2.24, 2.45) is 0 Å². The number of terminal acetylenes is 1. The van der Waals surface area contributed by atoms with Gasteiger partial charge in [-0.25, -0.2) is 8.78 Å². The molecule has 1 aromatic heterocycles. The van der Waals surface area contributed by atoms with Gasteiger partial charge in [0, 0.05) is 36.7 Å². The second-order valence-electron chi connectivity index (χ2n) is 11.7. The van der Waals surface area contributed by atoms with Crippen LogP contribution in [-0.2, 0) is 4.74 Å². The van der Waals surface area contributed by atoms with Crippen LogP contribution in [-0.4, -0.2) is 71.3 Å². The second-order valence-corrected chi connectivity index (χ2v) is 11.7. The molecule has 3 aliphatic rings. The third-order valence-corrected chi connectivity index (χ3v) is 9.28. The molecule has 3 fully saturated rings. The molecule has 44 heavy (non-hydrogen) atoms. The largest absolute Gasteiger partial charge is 0.461 e. The van der Waals surface area contributed by atoms with Crippen molar-refractivity contribution in [3.8, 4) is 29.5 Å². The maximum Gasteiger partial charge on any atom is 0.319 e. The lowest BCUT2D eigenvalue weighted by molar-refractivity contribution is -0.384. The molecule has 0 aliphatic carbocycles. The van der Waals surface area contributed by atoms with Crippen LogP contribution in [0.1, 0.15) is 37.7 Å². The fraction of sp³-hybridized carbons (Fsp3) is 0.394. The predicted molar refractivity (Wildman–Crippen MR) is 163 cm³/mol. The summed E-state index contributed by atoms with van der Waals surface area (Å²) in [5, 5.41) is 13.5. The topological polar surface area (TPSA) is 93.9 Å². The number of halogens is 2. The molecule has 0 N–H and O–H groups in total. The van der Waals surface area contributed by atoms with E-state index >= 15 is 4.39 Å². The normalized spacial score (nSPS) is 18.3. The molecule has 9 nitrogen and oxygen atoms in total. The van der Waals surface area contributed by atoms with Crippen LogP contribution in [0.3, 0.4) is 0 Å². The Morgan fingerprint density at radius 2 is 1.89 bits per heavy atom. The third-order valence-electron chi connectivity index (χ3n) is 9.28. The van der Waals surface area contributed by atoms with Gasteiger partial charge in [-0.05, 0) is 56.6 Å². The monoisotopic (exact) mass is 599 g/mol. The Bertz CT molecular complexity index is 1820. The van der Waals surface area contributed by atoms with E-state index in [0.29, 0.717) is 50.5 Å². The molecule has 3 saturated heterocycles. The first-order chi connectivity index (χ1) is 21.4. The Kier molecular flexibility index (Phi) is 7.26. The average molecular weight is 600 g/mol. The summed E-state index contributed by atoms with van der Waals surface area (Å²) in [6.07, 6.45) is 10.6. The van der Waals surface area contributed by atoms with Crippen LogP contribution in [0, 0.1) is 34.1 Å². The van der Waals surface area contributed by atoms with Crippen molar-refractivity contribution in [2.45, 2.75) is 37.6 Å². The van der Waals surface area contributed by atoms with E-state index in [0.717, 1.165) is 38.8 Å². The summed E-state index contributed by atoms with van der Waals surface area (Å²) in [5.41, 5.74) is -1.00. The molecule has 3 aliphatic heterocycles. The number of hydrogen-bond donors (Lipinski definition) is 0. The lowest BCUT2D eigenvalue weighted by Crippen LogP contribution is -2.43. The summed E-state index contributed by atoms with van der Waals surface area (Å²) in [4.78, 5) is 25.5. The molecule has 3 aromatic carbocycles. The van der Waals surface area contributed by atoms with Crippen molar-refractivity contribution in [2.75, 3.05) is 50.9 Å². The fourth-order valence-electron chi connectivity index (χ4n) is 7.20. The highest BCUT2D eigenvalue weighted by molar-refractivity contribution is 6.06. The van der Waals surface area contributed by atoms with Crippen LogP contribution in [0.25, 0.3) is 32.8 Å². The number of hydrogen-bond acceptors (Lipinski definition) is 8. The fourth-order valence-corrected chi connectivity index (χ4v) is 7.20. The lowest BCUT2D eigenvalue weighted by atomic mass is 9.92. The molecular weight excluding hydrogens is 568 g/mol. The first-order valence-corrected chi connectivity index (χ1v) is 15.0. The van der Waals surface area contributed by atoms with Gasteiger partial charge in [-0.15, -0.1) is 6.42 Å². The van der Waals surface area contributed by atoms with Crippen molar-refractivity contribution >= 4 is 33.2 Å². The highest BCUT2D eigenvalue weighted by Gasteiger charge is 2.45. The molecule has 0 bridgehead atoms. The van der Waals surface area contributed by atoms with E-state index < -0.39 is 22.2 Å². The first kappa shape index (κ1) is 28.4. The summed E-state index contributed by atoms with van der Waals surface area (Å²) < 4.78 is 43.7.